The van der Waals surface area contributed by atoms with Gasteiger partial charge in [0.15, 0.2) is 0 Å². The van der Waals surface area contributed by atoms with Crippen LogP contribution in [0.5, 0.6) is 0 Å². The zero-order valence-corrected chi connectivity index (χ0v) is 11.4. The summed E-state index contributed by atoms with van der Waals surface area (Å²) in [7, 11) is 0. The fourth-order valence-corrected chi connectivity index (χ4v) is 1.36. The van der Waals surface area contributed by atoms with E-state index < -0.39 is 0 Å². The van der Waals surface area contributed by atoms with E-state index in [4.69, 9.17) is 11.6 Å². The van der Waals surface area contributed by atoms with Gasteiger partial charge in [-0.1, -0.05) is 39.3 Å². The maximum Gasteiger partial charge on any atom is 0.137 e. The molecule has 1 aromatic heterocycles. The lowest BCUT2D eigenvalue weighted by molar-refractivity contribution is 0.545. The summed E-state index contributed by atoms with van der Waals surface area (Å²) < 4.78 is 0. The zero-order valence-electron chi connectivity index (χ0n) is 10.6. The van der Waals surface area contributed by atoms with E-state index in [9.17, 15) is 0 Å². The van der Waals surface area contributed by atoms with Gasteiger partial charge in [-0.2, -0.15) is 0 Å². The van der Waals surface area contributed by atoms with Gasteiger partial charge in [0.05, 0.1) is 0 Å². The van der Waals surface area contributed by atoms with Gasteiger partial charge < -0.3 is 5.32 Å². The van der Waals surface area contributed by atoms with Crippen molar-refractivity contribution in [3.8, 4) is 0 Å². The number of nitrogens with zero attached hydrogens (tertiary/aromatic N) is 2. The molecule has 0 fully saturated rings. The first-order valence-corrected chi connectivity index (χ1v) is 6.02. The molecule has 0 amide bonds. The Morgan fingerprint density at radius 1 is 1.38 bits per heavy atom. The second-order valence-electron chi connectivity index (χ2n) is 5.10. The molecule has 16 heavy (non-hydrogen) atoms. The highest BCUT2D eigenvalue weighted by atomic mass is 35.5. The lowest BCUT2D eigenvalue weighted by atomic mass is 9.96. The summed E-state index contributed by atoms with van der Waals surface area (Å²) in [5, 5.41) is 3.80. The van der Waals surface area contributed by atoms with Gasteiger partial charge in [-0.3, -0.25) is 0 Å². The molecule has 0 aliphatic carbocycles. The summed E-state index contributed by atoms with van der Waals surface area (Å²) in [6.07, 6.45) is 1.05. The molecule has 0 bridgehead atoms. The third-order valence-electron chi connectivity index (χ3n) is 2.37. The van der Waals surface area contributed by atoms with Crippen molar-refractivity contribution < 1.29 is 0 Å². The van der Waals surface area contributed by atoms with Gasteiger partial charge in [0.2, 0.25) is 0 Å². The highest BCUT2D eigenvalue weighted by Crippen LogP contribution is 2.22. The average molecular weight is 242 g/mol. The Bertz CT molecular complexity index is 358. The standard InChI is InChI=1S/C12H20ClN3/c1-6-8(2)14-10-7-9(13)15-11(16-10)12(3,4)5/h7-8H,6H2,1-5H3,(H,14,15,16). The largest absolute Gasteiger partial charge is 0.367 e. The fraction of sp³-hybridized carbons (Fsp3) is 0.667. The van der Waals surface area contributed by atoms with E-state index >= 15 is 0 Å². The van der Waals surface area contributed by atoms with E-state index in [1.165, 1.54) is 0 Å². The number of halogens is 1. The lowest BCUT2D eigenvalue weighted by Gasteiger charge is -2.19. The Morgan fingerprint density at radius 3 is 2.50 bits per heavy atom. The third kappa shape index (κ3) is 3.63. The highest BCUT2D eigenvalue weighted by molar-refractivity contribution is 6.29. The van der Waals surface area contributed by atoms with Crippen LogP contribution in [-0.2, 0) is 5.41 Å². The summed E-state index contributed by atoms with van der Waals surface area (Å²) in [5.74, 6) is 1.57. The van der Waals surface area contributed by atoms with E-state index in [1.807, 2.05) is 0 Å². The fourth-order valence-electron chi connectivity index (χ4n) is 1.18. The Balaban J connectivity index is 2.99. The van der Waals surface area contributed by atoms with E-state index in [0.717, 1.165) is 18.1 Å². The molecule has 0 spiro atoms. The number of nitrogens with one attached hydrogen (secondary N) is 1. The third-order valence-corrected chi connectivity index (χ3v) is 2.57. The summed E-state index contributed by atoms with van der Waals surface area (Å²) in [5.41, 5.74) is -0.0865. The number of rotatable bonds is 3. The van der Waals surface area contributed by atoms with Gasteiger partial charge >= 0.3 is 0 Å². The normalized spacial score (nSPS) is 13.6. The van der Waals surface area contributed by atoms with Gasteiger partial charge in [0.1, 0.15) is 16.8 Å². The first kappa shape index (κ1) is 13.2. The molecule has 0 aliphatic rings. The molecule has 0 saturated heterocycles. The first-order chi connectivity index (χ1) is 7.32. The quantitative estimate of drug-likeness (QED) is 0.822. The van der Waals surface area contributed by atoms with Crippen molar-refractivity contribution >= 4 is 17.4 Å². The Kier molecular flexibility index (Phi) is 4.14. The summed E-state index contributed by atoms with van der Waals surface area (Å²) in [4.78, 5) is 8.74. The number of aromatic nitrogens is 2. The summed E-state index contributed by atoms with van der Waals surface area (Å²) >= 11 is 5.99. The van der Waals surface area contributed by atoms with Crippen LogP contribution in [0.3, 0.4) is 0 Å². The van der Waals surface area contributed by atoms with Crippen LogP contribution in [0.4, 0.5) is 5.82 Å². The van der Waals surface area contributed by atoms with E-state index in [0.29, 0.717) is 11.2 Å². The average Bonchev–Trinajstić information content (AvgIpc) is 2.15. The topological polar surface area (TPSA) is 37.8 Å². The van der Waals surface area contributed by atoms with Gasteiger partial charge in [0, 0.05) is 17.5 Å². The van der Waals surface area contributed by atoms with Gasteiger partial charge in [-0.15, -0.1) is 0 Å². The maximum absolute atomic E-state index is 5.99. The van der Waals surface area contributed by atoms with Crippen molar-refractivity contribution in [2.45, 2.75) is 52.5 Å². The van der Waals surface area contributed by atoms with Crippen LogP contribution >= 0.6 is 11.6 Å². The number of hydrogen-bond acceptors (Lipinski definition) is 3. The van der Waals surface area contributed by atoms with Crippen molar-refractivity contribution in [1.29, 1.82) is 0 Å². The first-order valence-electron chi connectivity index (χ1n) is 5.64. The molecule has 0 aromatic carbocycles. The maximum atomic E-state index is 5.99. The molecule has 1 N–H and O–H groups in total. The van der Waals surface area contributed by atoms with Crippen molar-refractivity contribution in [3.63, 3.8) is 0 Å². The minimum atomic E-state index is -0.0865. The number of anilines is 1. The monoisotopic (exact) mass is 241 g/mol. The predicted molar refractivity (Wildman–Crippen MR) is 69.1 cm³/mol. The molecule has 1 heterocycles. The molecule has 0 aliphatic heterocycles. The second kappa shape index (κ2) is 5.00. The molecule has 3 nitrogen and oxygen atoms in total. The minimum absolute atomic E-state index is 0.0865. The minimum Gasteiger partial charge on any atom is -0.367 e. The van der Waals surface area contributed by atoms with E-state index in [2.05, 4.69) is 49.9 Å². The molecule has 1 unspecified atom stereocenters. The van der Waals surface area contributed by atoms with Gasteiger partial charge in [-0.05, 0) is 13.3 Å². The van der Waals surface area contributed by atoms with Gasteiger partial charge in [-0.25, -0.2) is 9.97 Å². The lowest BCUT2D eigenvalue weighted by Crippen LogP contribution is -2.20. The molecule has 0 saturated carbocycles. The van der Waals surface area contributed by atoms with Crippen molar-refractivity contribution in [2.75, 3.05) is 5.32 Å². The summed E-state index contributed by atoms with van der Waals surface area (Å²) in [6.45, 7) is 10.5. The van der Waals surface area contributed by atoms with Crippen LogP contribution in [0, 0.1) is 0 Å². The Morgan fingerprint density at radius 2 is 2.00 bits per heavy atom. The molecule has 90 valence electrons. The Hall–Kier alpha value is -0.830. The molecule has 0 radical (unpaired) electrons. The SMILES string of the molecule is CCC(C)Nc1cc(Cl)nc(C(C)(C)C)n1. The molecule has 4 heteroatoms. The van der Waals surface area contributed by atoms with Crippen molar-refractivity contribution in [3.05, 3.63) is 17.0 Å². The van der Waals surface area contributed by atoms with E-state index in [-0.39, 0.29) is 5.41 Å². The second-order valence-corrected chi connectivity index (χ2v) is 5.49. The molecule has 1 rings (SSSR count). The predicted octanol–water partition coefficient (Wildman–Crippen LogP) is 3.64. The van der Waals surface area contributed by atoms with Crippen LogP contribution in [0.15, 0.2) is 6.07 Å². The molecule has 1 atom stereocenters. The van der Waals surface area contributed by atoms with Crippen LogP contribution in [0.25, 0.3) is 0 Å². The smallest absolute Gasteiger partial charge is 0.137 e. The van der Waals surface area contributed by atoms with Crippen molar-refractivity contribution in [2.24, 2.45) is 0 Å². The molecule has 1 aromatic rings. The molecular formula is C12H20ClN3. The van der Waals surface area contributed by atoms with Crippen LogP contribution in [0.1, 0.15) is 46.9 Å². The zero-order chi connectivity index (χ0) is 12.3. The highest BCUT2D eigenvalue weighted by Gasteiger charge is 2.19. The summed E-state index contributed by atoms with van der Waals surface area (Å²) in [6, 6.07) is 2.15. The van der Waals surface area contributed by atoms with Crippen molar-refractivity contribution in [1.82, 2.24) is 9.97 Å². The van der Waals surface area contributed by atoms with Crippen LogP contribution in [0.2, 0.25) is 5.15 Å². The van der Waals surface area contributed by atoms with Crippen LogP contribution in [-0.4, -0.2) is 16.0 Å². The van der Waals surface area contributed by atoms with E-state index in [1.54, 1.807) is 6.07 Å². The van der Waals surface area contributed by atoms with Crippen LogP contribution < -0.4 is 5.32 Å². The molecular weight excluding hydrogens is 222 g/mol. The number of hydrogen-bond donors (Lipinski definition) is 1. The Labute approximate surface area is 103 Å². The van der Waals surface area contributed by atoms with Gasteiger partial charge in [0.25, 0.3) is 0 Å².